The second-order valence-electron chi connectivity index (χ2n) is 7.82. The topological polar surface area (TPSA) is 73.9 Å². The summed E-state index contributed by atoms with van der Waals surface area (Å²) >= 11 is 12.1. The highest BCUT2D eigenvalue weighted by atomic mass is 35.5. The highest BCUT2D eigenvalue weighted by Crippen LogP contribution is 2.34. The Balaban J connectivity index is 1.51. The van der Waals surface area contributed by atoms with E-state index in [1.54, 1.807) is 65.4 Å². The van der Waals surface area contributed by atoms with E-state index in [9.17, 15) is 9.59 Å². The van der Waals surface area contributed by atoms with Crippen LogP contribution in [-0.4, -0.2) is 37.2 Å². The maximum atomic E-state index is 13.3. The molecule has 0 radical (unpaired) electrons. The molecule has 0 atom stereocenters. The van der Waals surface area contributed by atoms with E-state index in [0.717, 1.165) is 12.0 Å². The minimum Gasteiger partial charge on any atom is -0.495 e. The lowest BCUT2D eigenvalue weighted by Gasteiger charge is -2.36. The molecule has 176 valence electrons. The second kappa shape index (κ2) is 10.7. The zero-order valence-corrected chi connectivity index (χ0v) is 20.1. The van der Waals surface area contributed by atoms with E-state index < -0.39 is 6.03 Å². The van der Waals surface area contributed by atoms with Crippen LogP contribution in [0.3, 0.4) is 0 Å². The number of nitrogens with one attached hydrogen (secondary N) is 2. The van der Waals surface area contributed by atoms with Gasteiger partial charge in [0.05, 0.1) is 12.8 Å². The minimum atomic E-state index is -0.425. The third kappa shape index (κ3) is 5.73. The summed E-state index contributed by atoms with van der Waals surface area (Å²) in [6.45, 7) is 1.64. The number of benzene rings is 3. The van der Waals surface area contributed by atoms with Crippen LogP contribution in [0.25, 0.3) is 0 Å². The smallest absolute Gasteiger partial charge is 0.324 e. The first-order chi connectivity index (χ1) is 16.4. The molecule has 1 saturated heterocycles. The number of carbonyl (C=O) groups is 2. The van der Waals surface area contributed by atoms with Crippen molar-refractivity contribution in [2.24, 2.45) is 0 Å². The maximum absolute atomic E-state index is 13.3. The third-order valence-electron chi connectivity index (χ3n) is 5.38. The van der Waals surface area contributed by atoms with Gasteiger partial charge in [-0.05, 0) is 60.5 Å². The molecule has 34 heavy (non-hydrogen) atoms. The van der Waals surface area contributed by atoms with Crippen molar-refractivity contribution in [3.63, 3.8) is 0 Å². The van der Waals surface area contributed by atoms with Crippen molar-refractivity contribution in [1.29, 1.82) is 0 Å². The van der Waals surface area contributed by atoms with E-state index in [4.69, 9.17) is 27.9 Å². The lowest BCUT2D eigenvalue weighted by Crippen LogP contribution is -2.49. The number of hydrogen-bond acceptors (Lipinski definition) is 3. The fourth-order valence-corrected chi connectivity index (χ4v) is 4.25. The molecule has 0 bridgehead atoms. The van der Waals surface area contributed by atoms with Gasteiger partial charge in [0.1, 0.15) is 5.75 Å². The minimum absolute atomic E-state index is 0.134. The van der Waals surface area contributed by atoms with Gasteiger partial charge in [0, 0.05) is 41.1 Å². The number of rotatable bonds is 6. The Hall–Kier alpha value is -3.42. The molecule has 3 aromatic rings. The normalized spacial score (nSPS) is 13.6. The van der Waals surface area contributed by atoms with Crippen LogP contribution >= 0.6 is 23.2 Å². The molecule has 1 aliphatic rings. The van der Waals surface area contributed by atoms with Gasteiger partial charge in [-0.2, -0.15) is 0 Å². The first-order valence-corrected chi connectivity index (χ1v) is 11.5. The van der Waals surface area contributed by atoms with Gasteiger partial charge >= 0.3 is 12.1 Å². The monoisotopic (exact) mass is 498 g/mol. The zero-order chi connectivity index (χ0) is 24.1. The molecule has 9 heteroatoms. The number of amides is 4. The van der Waals surface area contributed by atoms with Crippen molar-refractivity contribution in [2.75, 3.05) is 35.7 Å². The molecule has 0 saturated carbocycles. The Morgan fingerprint density at radius 1 is 0.941 bits per heavy atom. The number of methoxy groups -OCH3 is 1. The predicted molar refractivity (Wildman–Crippen MR) is 136 cm³/mol. The van der Waals surface area contributed by atoms with Crippen LogP contribution in [0.15, 0.2) is 66.7 Å². The number of ether oxygens (including phenoxy) is 1. The lowest BCUT2D eigenvalue weighted by atomic mass is 10.1. The number of urea groups is 2. The first kappa shape index (κ1) is 23.7. The van der Waals surface area contributed by atoms with Crippen LogP contribution in [0.5, 0.6) is 5.75 Å². The predicted octanol–water partition coefficient (Wildman–Crippen LogP) is 6.48. The Labute approximate surface area is 208 Å². The Morgan fingerprint density at radius 3 is 2.35 bits per heavy atom. The van der Waals surface area contributed by atoms with Gasteiger partial charge in [-0.3, -0.25) is 4.90 Å². The van der Waals surface area contributed by atoms with E-state index in [-0.39, 0.29) is 6.03 Å². The fraction of sp³-hybridized carbons (Fsp3) is 0.200. The standard InChI is InChI=1S/C25H24Cl2N4O3/c1-34-23-10-9-21(29-24(32)28-20-8-3-7-19(27)14-20)15-22(23)31-12-4-11-30(25(31)33)16-17-5-2-6-18(26)13-17/h2-3,5-10,13-15H,4,11-12,16H2,1H3,(H2,28,29,32). The molecule has 1 aliphatic heterocycles. The van der Waals surface area contributed by atoms with E-state index in [1.807, 2.05) is 18.2 Å². The molecule has 2 N–H and O–H groups in total. The summed E-state index contributed by atoms with van der Waals surface area (Å²) in [6, 6.07) is 19.0. The van der Waals surface area contributed by atoms with E-state index in [1.165, 1.54) is 0 Å². The summed E-state index contributed by atoms with van der Waals surface area (Å²) in [6.07, 6.45) is 0.794. The van der Waals surface area contributed by atoms with Crippen LogP contribution in [0, 0.1) is 0 Å². The van der Waals surface area contributed by atoms with Crippen molar-refractivity contribution in [2.45, 2.75) is 13.0 Å². The highest BCUT2D eigenvalue weighted by Gasteiger charge is 2.29. The molecule has 4 rings (SSSR count). The molecule has 0 aliphatic carbocycles. The highest BCUT2D eigenvalue weighted by molar-refractivity contribution is 6.31. The first-order valence-electron chi connectivity index (χ1n) is 10.8. The summed E-state index contributed by atoms with van der Waals surface area (Å²) in [5.41, 5.74) is 2.64. The fourth-order valence-electron chi connectivity index (χ4n) is 3.85. The summed E-state index contributed by atoms with van der Waals surface area (Å²) in [5, 5.41) is 6.70. The van der Waals surface area contributed by atoms with Gasteiger partial charge in [0.2, 0.25) is 0 Å². The molecule has 0 aromatic heterocycles. The maximum Gasteiger partial charge on any atom is 0.324 e. The molecular weight excluding hydrogens is 475 g/mol. The summed E-state index contributed by atoms with van der Waals surface area (Å²) < 4.78 is 5.51. The average molecular weight is 499 g/mol. The van der Waals surface area contributed by atoms with Gasteiger partial charge in [0.15, 0.2) is 0 Å². The van der Waals surface area contributed by atoms with Gasteiger partial charge in [0.25, 0.3) is 0 Å². The Kier molecular flexibility index (Phi) is 7.45. The Bertz CT molecular complexity index is 1200. The third-order valence-corrected chi connectivity index (χ3v) is 5.85. The summed E-state index contributed by atoms with van der Waals surface area (Å²) in [7, 11) is 1.55. The second-order valence-corrected chi connectivity index (χ2v) is 8.69. The lowest BCUT2D eigenvalue weighted by molar-refractivity contribution is 0.192. The van der Waals surface area contributed by atoms with Crippen molar-refractivity contribution in [3.8, 4) is 5.75 Å². The van der Waals surface area contributed by atoms with Gasteiger partial charge in [-0.25, -0.2) is 9.59 Å². The SMILES string of the molecule is COc1ccc(NC(=O)Nc2cccc(Cl)c2)cc1N1CCCN(Cc2cccc(Cl)c2)C1=O. The molecular formula is C25H24Cl2N4O3. The summed E-state index contributed by atoms with van der Waals surface area (Å²) in [4.78, 5) is 29.3. The summed E-state index contributed by atoms with van der Waals surface area (Å²) in [5.74, 6) is 0.541. The molecule has 0 unspecified atom stereocenters. The number of anilines is 3. The molecule has 1 heterocycles. The van der Waals surface area contributed by atoms with Gasteiger partial charge in [-0.1, -0.05) is 41.4 Å². The zero-order valence-electron chi connectivity index (χ0n) is 18.6. The molecule has 7 nitrogen and oxygen atoms in total. The number of halogens is 2. The van der Waals surface area contributed by atoms with Crippen LogP contribution < -0.4 is 20.3 Å². The van der Waals surface area contributed by atoms with Crippen molar-refractivity contribution < 1.29 is 14.3 Å². The van der Waals surface area contributed by atoms with Crippen LogP contribution in [-0.2, 0) is 6.54 Å². The van der Waals surface area contributed by atoms with Crippen LogP contribution in [0.1, 0.15) is 12.0 Å². The quantitative estimate of drug-likeness (QED) is 0.408. The van der Waals surface area contributed by atoms with Gasteiger partial charge in [-0.15, -0.1) is 0 Å². The van der Waals surface area contributed by atoms with Crippen molar-refractivity contribution in [3.05, 3.63) is 82.3 Å². The Morgan fingerprint density at radius 2 is 1.65 bits per heavy atom. The molecule has 1 fully saturated rings. The van der Waals surface area contributed by atoms with E-state index >= 15 is 0 Å². The van der Waals surface area contributed by atoms with Crippen LogP contribution in [0.4, 0.5) is 26.7 Å². The number of hydrogen-bond donors (Lipinski definition) is 2. The largest absolute Gasteiger partial charge is 0.495 e. The molecule has 3 aromatic carbocycles. The van der Waals surface area contributed by atoms with Crippen molar-refractivity contribution >= 4 is 52.3 Å². The molecule has 0 spiro atoms. The number of carbonyl (C=O) groups excluding carboxylic acids is 2. The van der Waals surface area contributed by atoms with E-state index in [0.29, 0.717) is 52.5 Å². The number of nitrogens with zero attached hydrogens (tertiary/aromatic N) is 2. The van der Waals surface area contributed by atoms with Crippen LogP contribution in [0.2, 0.25) is 10.0 Å². The molecule has 4 amide bonds. The van der Waals surface area contributed by atoms with Gasteiger partial charge < -0.3 is 20.3 Å². The van der Waals surface area contributed by atoms with Crippen molar-refractivity contribution in [1.82, 2.24) is 4.90 Å². The average Bonchev–Trinajstić information content (AvgIpc) is 2.80. The van der Waals surface area contributed by atoms with E-state index in [2.05, 4.69) is 10.6 Å².